The van der Waals surface area contributed by atoms with Crippen LogP contribution in [0, 0.1) is 5.82 Å². The van der Waals surface area contributed by atoms with Gasteiger partial charge in [0, 0.05) is 13.0 Å². The highest BCUT2D eigenvalue weighted by Crippen LogP contribution is 2.45. The Labute approximate surface area is 144 Å². The molecule has 2 rings (SSSR count). The number of hydrogen-bond donors (Lipinski definition) is 0. The van der Waals surface area contributed by atoms with E-state index in [-0.39, 0.29) is 12.2 Å². The largest absolute Gasteiger partial charge is 0.443 e. The summed E-state index contributed by atoms with van der Waals surface area (Å²) in [6, 6.07) is 2.63. The van der Waals surface area contributed by atoms with E-state index in [0.29, 0.717) is 23.4 Å². The number of ketones is 1. The van der Waals surface area contributed by atoms with Crippen LogP contribution in [0.5, 0.6) is 0 Å². The molecule has 1 atom stereocenters. The van der Waals surface area contributed by atoms with Crippen LogP contribution in [-0.2, 0) is 20.3 Å². The highest BCUT2D eigenvalue weighted by molar-refractivity contribution is 9.10. The molecule has 6 heteroatoms. The van der Waals surface area contributed by atoms with Crippen LogP contribution in [0.4, 0.5) is 14.9 Å². The van der Waals surface area contributed by atoms with Gasteiger partial charge < -0.3 is 4.74 Å². The molecule has 0 aliphatic heterocycles. The number of carbonyl (C=O) groups is 2. The summed E-state index contributed by atoms with van der Waals surface area (Å²) in [7, 11) is 0. The first-order valence-electron chi connectivity index (χ1n) is 7.53. The number of benzene rings is 1. The third kappa shape index (κ3) is 3.42. The minimum absolute atomic E-state index is 0.0559. The van der Waals surface area contributed by atoms with Crippen molar-refractivity contribution in [1.29, 1.82) is 0 Å². The maximum absolute atomic E-state index is 14.1. The monoisotopic (exact) mass is 385 g/mol. The molecule has 1 aromatic rings. The number of Topliss-reactive ketones (excluding diaryl/α,β-unsaturated/α-hetero) is 1. The molecule has 4 nitrogen and oxygen atoms in total. The Balaban J connectivity index is 2.52. The number of halogens is 2. The van der Waals surface area contributed by atoms with Crippen LogP contribution in [0.15, 0.2) is 12.1 Å². The topological polar surface area (TPSA) is 46.6 Å². The quantitative estimate of drug-likeness (QED) is 0.712. The Morgan fingerprint density at radius 3 is 2.57 bits per heavy atom. The second-order valence-corrected chi connectivity index (χ2v) is 8.36. The lowest BCUT2D eigenvalue weighted by Crippen LogP contribution is -2.37. The normalized spacial score (nSPS) is 20.4. The van der Waals surface area contributed by atoms with Gasteiger partial charge in [0.05, 0.1) is 5.69 Å². The van der Waals surface area contributed by atoms with Crippen LogP contribution in [0.3, 0.4) is 0 Å². The van der Waals surface area contributed by atoms with E-state index in [0.717, 1.165) is 0 Å². The molecule has 0 radical (unpaired) electrons. The fraction of sp³-hybridized carbons (Fsp3) is 0.529. The Morgan fingerprint density at radius 1 is 1.43 bits per heavy atom. The van der Waals surface area contributed by atoms with E-state index in [1.807, 2.05) is 0 Å². The standard InChI is InChI=1S/C17H21BrFNO3/c1-6-20(15(22)23-16(2,3)4)13-8-10(19)7-12-11(13)9-14(21)17(12,5)18/h7-8H,6,9H2,1-5H3. The third-order valence-corrected chi connectivity index (χ3v) is 4.65. The summed E-state index contributed by atoms with van der Waals surface area (Å²) in [6.45, 7) is 9.12. The number of anilines is 1. The molecule has 0 aromatic heterocycles. The summed E-state index contributed by atoms with van der Waals surface area (Å²) in [5, 5.41) is 0. The molecule has 23 heavy (non-hydrogen) atoms. The molecule has 1 aromatic carbocycles. The molecule has 0 bridgehead atoms. The van der Waals surface area contributed by atoms with Crippen molar-refractivity contribution < 1.29 is 18.7 Å². The third-order valence-electron chi connectivity index (χ3n) is 3.78. The molecule has 1 amide bonds. The Hall–Kier alpha value is -1.43. The zero-order chi connectivity index (χ0) is 17.6. The maximum atomic E-state index is 14.1. The number of amides is 1. The lowest BCUT2D eigenvalue weighted by Gasteiger charge is -2.28. The fourth-order valence-electron chi connectivity index (χ4n) is 2.66. The fourth-order valence-corrected chi connectivity index (χ4v) is 3.15. The van der Waals surface area contributed by atoms with Crippen molar-refractivity contribution in [3.8, 4) is 0 Å². The number of rotatable bonds is 2. The van der Waals surface area contributed by atoms with Gasteiger partial charge in [0.1, 0.15) is 15.7 Å². The number of carbonyl (C=O) groups excluding carboxylic acids is 2. The summed E-state index contributed by atoms with van der Waals surface area (Å²) in [5.74, 6) is -0.541. The second-order valence-electron chi connectivity index (χ2n) is 6.78. The van der Waals surface area contributed by atoms with Crippen molar-refractivity contribution in [1.82, 2.24) is 0 Å². The molecule has 126 valence electrons. The smallest absolute Gasteiger partial charge is 0.414 e. The van der Waals surface area contributed by atoms with Crippen molar-refractivity contribution in [3.05, 3.63) is 29.1 Å². The Kier molecular flexibility index (Phi) is 4.59. The molecule has 1 aliphatic carbocycles. The van der Waals surface area contributed by atoms with Gasteiger partial charge in [-0.3, -0.25) is 9.69 Å². The van der Waals surface area contributed by atoms with Crippen LogP contribution < -0.4 is 4.90 Å². The predicted molar refractivity (Wildman–Crippen MR) is 90.6 cm³/mol. The predicted octanol–water partition coefficient (Wildman–Crippen LogP) is 4.32. The molecule has 0 fully saturated rings. The van der Waals surface area contributed by atoms with Crippen molar-refractivity contribution in [2.24, 2.45) is 0 Å². The van der Waals surface area contributed by atoms with Crippen LogP contribution in [-0.4, -0.2) is 24.0 Å². The van der Waals surface area contributed by atoms with Gasteiger partial charge in [0.15, 0.2) is 5.78 Å². The lowest BCUT2D eigenvalue weighted by atomic mass is 10.0. The van der Waals surface area contributed by atoms with Crippen molar-refractivity contribution in [3.63, 3.8) is 0 Å². The van der Waals surface area contributed by atoms with E-state index < -0.39 is 21.8 Å². The van der Waals surface area contributed by atoms with E-state index in [1.165, 1.54) is 17.0 Å². The minimum atomic E-state index is -0.924. The average molecular weight is 386 g/mol. The number of ether oxygens (including phenoxy) is 1. The summed E-state index contributed by atoms with van der Waals surface area (Å²) in [5.41, 5.74) is 0.983. The first-order valence-corrected chi connectivity index (χ1v) is 8.32. The SMILES string of the molecule is CCN(C(=O)OC(C)(C)C)c1cc(F)cc2c1CC(=O)C2(C)Br. The maximum Gasteiger partial charge on any atom is 0.414 e. The zero-order valence-electron chi connectivity index (χ0n) is 14.0. The number of fused-ring (bicyclic) bond motifs is 1. The van der Waals surface area contributed by atoms with Gasteiger partial charge in [0.2, 0.25) is 0 Å². The summed E-state index contributed by atoms with van der Waals surface area (Å²) >= 11 is 3.38. The number of nitrogens with zero attached hydrogens (tertiary/aromatic N) is 1. The molecule has 0 N–H and O–H groups in total. The lowest BCUT2D eigenvalue weighted by molar-refractivity contribution is -0.119. The molecule has 0 heterocycles. The summed E-state index contributed by atoms with van der Waals surface area (Å²) in [6.07, 6.45) is -0.394. The van der Waals surface area contributed by atoms with E-state index in [4.69, 9.17) is 4.74 Å². The van der Waals surface area contributed by atoms with Gasteiger partial charge in [-0.25, -0.2) is 9.18 Å². The van der Waals surface area contributed by atoms with Crippen molar-refractivity contribution in [2.75, 3.05) is 11.4 Å². The molecule has 0 saturated heterocycles. The Morgan fingerprint density at radius 2 is 2.04 bits per heavy atom. The molecule has 1 aliphatic rings. The molecule has 0 spiro atoms. The van der Waals surface area contributed by atoms with Gasteiger partial charge >= 0.3 is 6.09 Å². The van der Waals surface area contributed by atoms with E-state index in [2.05, 4.69) is 15.9 Å². The van der Waals surface area contributed by atoms with Crippen LogP contribution in [0.1, 0.15) is 45.7 Å². The van der Waals surface area contributed by atoms with Crippen LogP contribution in [0.25, 0.3) is 0 Å². The number of alkyl halides is 1. The van der Waals surface area contributed by atoms with Gasteiger partial charge in [0.25, 0.3) is 0 Å². The van der Waals surface area contributed by atoms with Crippen LogP contribution in [0.2, 0.25) is 0 Å². The highest BCUT2D eigenvalue weighted by atomic mass is 79.9. The van der Waals surface area contributed by atoms with E-state index >= 15 is 0 Å². The average Bonchev–Trinajstić information content (AvgIpc) is 2.60. The molecular weight excluding hydrogens is 365 g/mol. The van der Waals surface area contributed by atoms with Gasteiger partial charge in [-0.1, -0.05) is 15.9 Å². The van der Waals surface area contributed by atoms with E-state index in [9.17, 15) is 14.0 Å². The molecular formula is C17H21BrFNO3. The van der Waals surface area contributed by atoms with Gasteiger partial charge in [-0.05, 0) is 57.9 Å². The van der Waals surface area contributed by atoms with Crippen molar-refractivity contribution >= 4 is 33.5 Å². The van der Waals surface area contributed by atoms with Crippen LogP contribution >= 0.6 is 15.9 Å². The number of hydrogen-bond acceptors (Lipinski definition) is 3. The first-order chi connectivity index (χ1) is 10.5. The second kappa shape index (κ2) is 5.89. The highest BCUT2D eigenvalue weighted by Gasteiger charge is 2.42. The van der Waals surface area contributed by atoms with E-state index in [1.54, 1.807) is 34.6 Å². The summed E-state index contributed by atoms with van der Waals surface area (Å²) in [4.78, 5) is 26.0. The summed E-state index contributed by atoms with van der Waals surface area (Å²) < 4.78 is 18.5. The molecule has 0 saturated carbocycles. The molecule has 1 unspecified atom stereocenters. The van der Waals surface area contributed by atoms with Crippen molar-refractivity contribution in [2.45, 2.75) is 51.0 Å². The Bertz CT molecular complexity index is 665. The zero-order valence-corrected chi connectivity index (χ0v) is 15.6. The first kappa shape index (κ1) is 17.9. The van der Waals surface area contributed by atoms with Gasteiger partial charge in [-0.2, -0.15) is 0 Å². The van der Waals surface area contributed by atoms with Gasteiger partial charge in [-0.15, -0.1) is 0 Å². The minimum Gasteiger partial charge on any atom is -0.443 e.